The topological polar surface area (TPSA) is 125 Å². The molecule has 0 radical (unpaired) electrons. The third-order valence-electron chi connectivity index (χ3n) is 5.99. The molecule has 218 valence electrons. The van der Waals surface area contributed by atoms with Crippen LogP contribution in [-0.2, 0) is 20.3 Å². The Labute approximate surface area is 236 Å². The first-order valence-corrected chi connectivity index (χ1v) is 17.6. The van der Waals surface area contributed by atoms with Gasteiger partial charge in [-0.15, -0.1) is 0 Å². The highest BCUT2D eigenvalue weighted by Gasteiger charge is 2.45. The van der Waals surface area contributed by atoms with Crippen molar-refractivity contribution in [1.29, 1.82) is 0 Å². The largest absolute Gasteiger partial charge is 0.465 e. The molecule has 1 N–H and O–H groups in total. The van der Waals surface area contributed by atoms with Gasteiger partial charge in [0.05, 0.1) is 18.1 Å². The van der Waals surface area contributed by atoms with E-state index in [9.17, 15) is 27.1 Å². The highest BCUT2D eigenvalue weighted by atomic mass is 35.5. The summed E-state index contributed by atoms with van der Waals surface area (Å²) in [5.41, 5.74) is -2.90. The lowest BCUT2D eigenvalue weighted by Crippen LogP contribution is -2.55. The summed E-state index contributed by atoms with van der Waals surface area (Å²) in [5, 5.41) is 9.85. The van der Waals surface area contributed by atoms with Gasteiger partial charge in [0.25, 0.3) is 0 Å². The van der Waals surface area contributed by atoms with Crippen LogP contribution in [0.3, 0.4) is 0 Å². The van der Waals surface area contributed by atoms with E-state index < -0.39 is 71.2 Å². The molecule has 1 aromatic heterocycles. The van der Waals surface area contributed by atoms with E-state index in [4.69, 9.17) is 16.3 Å². The Morgan fingerprint density at radius 3 is 2.52 bits per heavy atom. The molecule has 1 aliphatic rings. The van der Waals surface area contributed by atoms with E-state index in [1.807, 2.05) is 0 Å². The SMILES string of the molecule is CN1C(N(COCC[Si](C)(C)C)C(=O)O)=NC(C)(c2cc(C=C(F)c3cnc(Cl)cn3)cc(F)c2F)CS1(=O)=O. The number of ether oxygens (including phenoxy) is 1. The van der Waals surface area contributed by atoms with Crippen molar-refractivity contribution in [3.63, 3.8) is 0 Å². The zero-order chi connectivity index (χ0) is 30.0. The zero-order valence-corrected chi connectivity index (χ0v) is 25.0. The first kappa shape index (κ1) is 31.5. The monoisotopic (exact) mass is 619 g/mol. The summed E-state index contributed by atoms with van der Waals surface area (Å²) in [6.07, 6.45) is 1.44. The molecule has 40 heavy (non-hydrogen) atoms. The van der Waals surface area contributed by atoms with E-state index in [1.165, 1.54) is 6.92 Å². The minimum Gasteiger partial charge on any atom is -0.465 e. The number of hydrogen-bond donors (Lipinski definition) is 1. The minimum absolute atomic E-state index is 0.0218. The molecule has 10 nitrogen and oxygen atoms in total. The molecule has 0 aliphatic carbocycles. The van der Waals surface area contributed by atoms with Gasteiger partial charge in [0.15, 0.2) is 17.5 Å². The third kappa shape index (κ3) is 7.38. The van der Waals surface area contributed by atoms with Crippen molar-refractivity contribution in [3.05, 3.63) is 58.1 Å². The van der Waals surface area contributed by atoms with Crippen LogP contribution in [0.25, 0.3) is 11.9 Å². The molecule has 1 aromatic carbocycles. The predicted octanol–water partition coefficient (Wildman–Crippen LogP) is 5.01. The van der Waals surface area contributed by atoms with Crippen LogP contribution < -0.4 is 0 Å². The first-order chi connectivity index (χ1) is 18.4. The fraction of sp³-hybridized carbons (Fsp3) is 0.417. The van der Waals surface area contributed by atoms with Gasteiger partial charge >= 0.3 is 6.09 Å². The van der Waals surface area contributed by atoms with Crippen LogP contribution >= 0.6 is 11.6 Å². The fourth-order valence-corrected chi connectivity index (χ4v) is 6.11. The Morgan fingerprint density at radius 1 is 1.27 bits per heavy atom. The highest BCUT2D eigenvalue weighted by Crippen LogP contribution is 2.36. The van der Waals surface area contributed by atoms with Crippen LogP contribution in [0.4, 0.5) is 18.0 Å². The lowest BCUT2D eigenvalue weighted by molar-refractivity contribution is 0.0653. The zero-order valence-electron chi connectivity index (χ0n) is 22.5. The smallest absolute Gasteiger partial charge is 0.416 e. The average Bonchev–Trinajstić information content (AvgIpc) is 2.83. The Morgan fingerprint density at radius 2 is 1.95 bits per heavy atom. The van der Waals surface area contributed by atoms with Gasteiger partial charge < -0.3 is 9.84 Å². The van der Waals surface area contributed by atoms with Gasteiger partial charge in [0.1, 0.15) is 23.1 Å². The molecule has 2 heterocycles. The number of carboxylic acid groups (broad SMARTS) is 1. The van der Waals surface area contributed by atoms with Crippen molar-refractivity contribution in [3.8, 4) is 0 Å². The molecule has 0 bridgehead atoms. The molecule has 0 saturated heterocycles. The summed E-state index contributed by atoms with van der Waals surface area (Å²) in [4.78, 5) is 24.4. The molecule has 0 fully saturated rings. The molecule has 3 rings (SSSR count). The maximum Gasteiger partial charge on any atom is 0.416 e. The fourth-order valence-electron chi connectivity index (χ4n) is 3.74. The molecule has 1 atom stereocenters. The molecule has 0 saturated carbocycles. The number of aromatic nitrogens is 2. The molecule has 2 aromatic rings. The summed E-state index contributed by atoms with van der Waals surface area (Å²) in [6, 6.07) is 2.48. The van der Waals surface area contributed by atoms with E-state index in [0.717, 1.165) is 43.7 Å². The van der Waals surface area contributed by atoms with Crippen LogP contribution in [-0.4, -0.2) is 79.0 Å². The molecule has 1 amide bonds. The van der Waals surface area contributed by atoms with E-state index >= 15 is 4.39 Å². The van der Waals surface area contributed by atoms with Crippen LogP contribution in [0.1, 0.15) is 23.7 Å². The van der Waals surface area contributed by atoms with Crippen LogP contribution in [0.15, 0.2) is 29.5 Å². The van der Waals surface area contributed by atoms with Crippen LogP contribution in [0.2, 0.25) is 30.8 Å². The second-order valence-corrected chi connectivity index (χ2v) is 18.6. The van der Waals surface area contributed by atoms with E-state index in [2.05, 4.69) is 34.6 Å². The number of rotatable bonds is 8. The molecule has 1 unspecified atom stereocenters. The number of guanidine groups is 1. The molecule has 1 aliphatic heterocycles. The highest BCUT2D eigenvalue weighted by molar-refractivity contribution is 7.89. The predicted molar refractivity (Wildman–Crippen MR) is 148 cm³/mol. The Kier molecular flexibility index (Phi) is 9.33. The summed E-state index contributed by atoms with van der Waals surface area (Å²) < 4.78 is 77.1. The number of amides is 1. The van der Waals surface area contributed by atoms with Crippen molar-refractivity contribution < 1.29 is 36.2 Å². The van der Waals surface area contributed by atoms with Crippen molar-refractivity contribution >= 4 is 53.7 Å². The molecule has 16 heteroatoms. The van der Waals surface area contributed by atoms with Crippen molar-refractivity contribution in [2.24, 2.45) is 4.99 Å². The molecular weight excluding hydrogens is 591 g/mol. The van der Waals surface area contributed by atoms with Gasteiger partial charge in [0, 0.05) is 27.3 Å². The number of nitrogens with zero attached hydrogens (tertiary/aromatic N) is 5. The van der Waals surface area contributed by atoms with Crippen LogP contribution in [0, 0.1) is 11.6 Å². The number of halogens is 4. The quantitative estimate of drug-likeness (QED) is 0.250. The van der Waals surface area contributed by atoms with Crippen molar-refractivity contribution in [2.75, 3.05) is 26.1 Å². The minimum atomic E-state index is -4.27. The van der Waals surface area contributed by atoms with E-state index in [1.54, 1.807) is 0 Å². The molecule has 0 spiro atoms. The second kappa shape index (κ2) is 11.8. The van der Waals surface area contributed by atoms with E-state index in [-0.39, 0.29) is 23.0 Å². The van der Waals surface area contributed by atoms with E-state index in [0.29, 0.717) is 9.21 Å². The van der Waals surface area contributed by atoms with Gasteiger partial charge in [-0.1, -0.05) is 31.2 Å². The molecular formula is C24H29ClF3N5O5SSi. The standard InChI is InChI=1S/C24H29ClF3N5O5SSi/c1-24(16-8-15(10-18(27)21(16)28)9-17(26)19-11-30-20(25)12-29-19)13-39(36,37)32(2)22(31-24)33(23(34)35)14-38-6-7-40(3,4)5/h8-12H,6-7,13-14H2,1-5H3,(H,34,35). The first-order valence-electron chi connectivity index (χ1n) is 11.9. The number of sulfonamides is 1. The summed E-state index contributed by atoms with van der Waals surface area (Å²) in [6.45, 7) is 7.23. The average molecular weight is 620 g/mol. The second-order valence-electron chi connectivity index (χ2n) is 10.5. The summed E-state index contributed by atoms with van der Waals surface area (Å²) in [7, 11) is -4.67. The van der Waals surface area contributed by atoms with Gasteiger partial charge in [-0.25, -0.2) is 50.5 Å². The number of hydrogen-bond acceptors (Lipinski definition) is 7. The van der Waals surface area contributed by atoms with Gasteiger partial charge in [-0.05, 0) is 36.7 Å². The van der Waals surface area contributed by atoms with Gasteiger partial charge in [-0.2, -0.15) is 0 Å². The lowest BCUT2D eigenvalue weighted by atomic mass is 9.92. The number of benzene rings is 1. The Hall–Kier alpha value is -3.01. The van der Waals surface area contributed by atoms with Crippen molar-refractivity contribution in [1.82, 2.24) is 19.2 Å². The Balaban J connectivity index is 2.07. The van der Waals surface area contributed by atoms with Crippen molar-refractivity contribution in [2.45, 2.75) is 38.1 Å². The number of carbonyl (C=O) groups is 1. The summed E-state index contributed by atoms with van der Waals surface area (Å²) >= 11 is 5.66. The number of aliphatic imine (C=N–C) groups is 1. The van der Waals surface area contributed by atoms with Gasteiger partial charge in [0.2, 0.25) is 16.0 Å². The Bertz CT molecular complexity index is 1450. The maximum atomic E-state index is 15.2. The maximum absolute atomic E-state index is 15.2. The third-order valence-corrected chi connectivity index (χ3v) is 9.81. The lowest BCUT2D eigenvalue weighted by Gasteiger charge is -2.38. The van der Waals surface area contributed by atoms with Crippen LogP contribution in [0.5, 0.6) is 0 Å². The normalized spacial score (nSPS) is 19.4. The van der Waals surface area contributed by atoms with Gasteiger partial charge in [-0.3, -0.25) is 0 Å². The summed E-state index contributed by atoms with van der Waals surface area (Å²) in [5.74, 6) is -5.13.